The number of rotatable bonds is 19. The van der Waals surface area contributed by atoms with E-state index in [0.717, 1.165) is 51.1 Å². The molecule has 0 saturated carbocycles. The van der Waals surface area contributed by atoms with Crippen molar-refractivity contribution in [1.29, 1.82) is 0 Å². The fourth-order valence-corrected chi connectivity index (χ4v) is 3.49. The van der Waals surface area contributed by atoms with Crippen LogP contribution in [0, 0.1) is 0 Å². The Labute approximate surface area is 271 Å². The highest BCUT2D eigenvalue weighted by atomic mass is 16.6. The van der Waals surface area contributed by atoms with Crippen LogP contribution in [-0.4, -0.2) is 101 Å². The number of ether oxygens (including phenoxy) is 3. The van der Waals surface area contributed by atoms with Crippen LogP contribution in [0.3, 0.4) is 0 Å². The van der Waals surface area contributed by atoms with Crippen molar-refractivity contribution >= 4 is 30.7 Å². The summed E-state index contributed by atoms with van der Waals surface area (Å²) in [6.07, 6.45) is 7.11. The Morgan fingerprint density at radius 3 is 1.51 bits per heavy atom. The highest BCUT2D eigenvalue weighted by Crippen LogP contribution is 2.08. The number of alkyl carbamates (subject to hydrolysis) is 2. The van der Waals surface area contributed by atoms with Crippen molar-refractivity contribution in [2.45, 2.75) is 129 Å². The maximum absolute atomic E-state index is 12.3. The molecule has 14 heteroatoms. The van der Waals surface area contributed by atoms with Crippen LogP contribution in [0.15, 0.2) is 0 Å². The summed E-state index contributed by atoms with van der Waals surface area (Å²) in [6, 6.07) is -1.33. The monoisotopic (exact) mass is 648 g/mol. The first-order chi connectivity index (χ1) is 21.0. The first-order valence-electron chi connectivity index (χ1n) is 15.7. The first-order valence-corrected chi connectivity index (χ1v) is 15.7. The third-order valence-corrected chi connectivity index (χ3v) is 5.55. The Morgan fingerprint density at radius 2 is 1.11 bits per heavy atom. The van der Waals surface area contributed by atoms with Gasteiger partial charge in [-0.15, -0.1) is 0 Å². The molecule has 0 aliphatic carbocycles. The minimum atomic E-state index is -0.558. The molecule has 45 heavy (non-hydrogen) atoms. The lowest BCUT2D eigenvalue weighted by molar-refractivity contribution is -0.126. The summed E-state index contributed by atoms with van der Waals surface area (Å²) in [6.45, 7) is 12.4. The van der Waals surface area contributed by atoms with Gasteiger partial charge in [-0.2, -0.15) is 0 Å². The van der Waals surface area contributed by atoms with Crippen LogP contribution in [0.25, 0.3) is 0 Å². The van der Waals surface area contributed by atoms with E-state index in [0.29, 0.717) is 38.9 Å². The zero-order valence-corrected chi connectivity index (χ0v) is 29.3. The maximum atomic E-state index is 12.3. The number of hydrogen-bond acceptors (Lipinski definition) is 11. The van der Waals surface area contributed by atoms with Crippen molar-refractivity contribution in [3.63, 3.8) is 0 Å². The Balaban J connectivity index is -0.000000790. The molecule has 0 fully saturated rings. The molecule has 3 amide bonds. The van der Waals surface area contributed by atoms with Gasteiger partial charge in [0.05, 0.1) is 18.1 Å². The van der Waals surface area contributed by atoms with Gasteiger partial charge in [0.25, 0.3) is 0 Å². The number of likely N-dealkylation sites (N-methyl/N-ethyl adjacent to an activating group) is 1. The molecule has 8 N–H and O–H groups in total. The highest BCUT2D eigenvalue weighted by Gasteiger charge is 2.20. The smallest absolute Gasteiger partial charge is 0.408 e. The van der Waals surface area contributed by atoms with E-state index in [1.165, 1.54) is 0 Å². The van der Waals surface area contributed by atoms with Crippen molar-refractivity contribution in [3.05, 3.63) is 0 Å². The van der Waals surface area contributed by atoms with E-state index in [4.69, 9.17) is 20.9 Å². The Morgan fingerprint density at radius 1 is 0.689 bits per heavy atom. The van der Waals surface area contributed by atoms with Crippen molar-refractivity contribution in [2.24, 2.45) is 11.5 Å². The van der Waals surface area contributed by atoms with E-state index in [1.807, 2.05) is 20.8 Å². The lowest BCUT2D eigenvalue weighted by atomic mass is 10.1. The van der Waals surface area contributed by atoms with E-state index < -0.39 is 35.5 Å². The number of amides is 3. The first kappa shape index (κ1) is 46.6. The summed E-state index contributed by atoms with van der Waals surface area (Å²) in [4.78, 5) is 56.9. The minimum Gasteiger partial charge on any atom is -0.444 e. The molecular formula is C31H64N6O8. The van der Waals surface area contributed by atoms with Crippen LogP contribution in [0.1, 0.15) is 99.3 Å². The number of aldehydes is 2. The average molecular weight is 649 g/mol. The quantitative estimate of drug-likeness (QED) is 0.0884. The van der Waals surface area contributed by atoms with Crippen LogP contribution in [0.4, 0.5) is 9.59 Å². The highest BCUT2D eigenvalue weighted by molar-refractivity contribution is 5.84. The predicted octanol–water partition coefficient (Wildman–Crippen LogP) is 2.55. The molecular weight excluding hydrogens is 584 g/mol. The topological polar surface area (TPSA) is 213 Å². The van der Waals surface area contributed by atoms with Crippen molar-refractivity contribution in [2.75, 3.05) is 40.9 Å². The van der Waals surface area contributed by atoms with Crippen molar-refractivity contribution < 1.29 is 38.2 Å². The number of methoxy groups -OCH3 is 1. The number of hydrogen-bond donors (Lipinski definition) is 6. The summed E-state index contributed by atoms with van der Waals surface area (Å²) in [5.74, 6) is -0.183. The van der Waals surface area contributed by atoms with E-state index in [-0.39, 0.29) is 11.9 Å². The third-order valence-electron chi connectivity index (χ3n) is 5.55. The van der Waals surface area contributed by atoms with E-state index >= 15 is 0 Å². The molecule has 0 aliphatic heterocycles. The summed E-state index contributed by atoms with van der Waals surface area (Å²) in [5.41, 5.74) is 9.71. The molecule has 0 saturated heterocycles. The number of nitrogens with one attached hydrogen (secondary N) is 4. The Bertz CT molecular complexity index is 787. The van der Waals surface area contributed by atoms with Gasteiger partial charge in [-0.3, -0.25) is 4.79 Å². The molecule has 3 atom stereocenters. The third kappa shape index (κ3) is 33.9. The molecule has 0 rings (SSSR count). The molecule has 266 valence electrons. The molecule has 0 spiro atoms. The SMILES string of the molecule is CC(C)(C)OC(=O)NC(C=O)CCCCN.CNC(CCCCNC(=O)OC(C)(C)C)C(=O)NC(C=O)CCCCN.COC. The zero-order chi connectivity index (χ0) is 35.3. The van der Waals surface area contributed by atoms with Crippen LogP contribution in [0.2, 0.25) is 0 Å². The van der Waals surface area contributed by atoms with Gasteiger partial charge in [0.15, 0.2) is 0 Å². The predicted molar refractivity (Wildman–Crippen MR) is 177 cm³/mol. The second kappa shape index (κ2) is 28.6. The van der Waals surface area contributed by atoms with Crippen molar-refractivity contribution in [1.82, 2.24) is 21.3 Å². The number of nitrogens with two attached hydrogens (primary N) is 2. The maximum Gasteiger partial charge on any atom is 0.408 e. The number of unbranched alkanes of at least 4 members (excludes halogenated alkanes) is 3. The summed E-state index contributed by atoms with van der Waals surface area (Å²) < 4.78 is 14.4. The van der Waals surface area contributed by atoms with Crippen LogP contribution in [-0.2, 0) is 28.6 Å². The molecule has 0 aromatic carbocycles. The van der Waals surface area contributed by atoms with Gasteiger partial charge in [0.1, 0.15) is 23.8 Å². The Hall–Kier alpha value is -2.81. The second-order valence-electron chi connectivity index (χ2n) is 12.4. The molecule has 0 radical (unpaired) electrons. The largest absolute Gasteiger partial charge is 0.444 e. The average Bonchev–Trinajstić information content (AvgIpc) is 2.92. The summed E-state index contributed by atoms with van der Waals surface area (Å²) in [7, 11) is 4.97. The van der Waals surface area contributed by atoms with Crippen LogP contribution >= 0.6 is 0 Å². The number of carbonyl (C=O) groups excluding carboxylic acids is 5. The van der Waals surface area contributed by atoms with Gasteiger partial charge >= 0.3 is 12.2 Å². The molecule has 14 nitrogen and oxygen atoms in total. The van der Waals surface area contributed by atoms with Crippen LogP contribution < -0.4 is 32.7 Å². The fraction of sp³-hybridized carbons (Fsp3) is 0.839. The summed E-state index contributed by atoms with van der Waals surface area (Å²) >= 11 is 0. The van der Waals surface area contributed by atoms with Gasteiger partial charge in [0, 0.05) is 20.8 Å². The lowest BCUT2D eigenvalue weighted by Gasteiger charge is -2.21. The lowest BCUT2D eigenvalue weighted by Crippen LogP contribution is -2.47. The second-order valence-corrected chi connectivity index (χ2v) is 12.4. The van der Waals surface area contributed by atoms with E-state index in [2.05, 4.69) is 26.0 Å². The van der Waals surface area contributed by atoms with Gasteiger partial charge in [-0.05, 0) is 119 Å². The summed E-state index contributed by atoms with van der Waals surface area (Å²) in [5, 5.41) is 10.9. The molecule has 0 aromatic heterocycles. The molecule has 0 aliphatic rings. The molecule has 0 aromatic rings. The van der Waals surface area contributed by atoms with Gasteiger partial charge in [-0.1, -0.05) is 0 Å². The molecule has 3 unspecified atom stereocenters. The normalized spacial score (nSPS) is 12.9. The fourth-order valence-electron chi connectivity index (χ4n) is 3.49. The minimum absolute atomic E-state index is 0.183. The van der Waals surface area contributed by atoms with E-state index in [9.17, 15) is 24.0 Å². The van der Waals surface area contributed by atoms with Gasteiger partial charge < -0.3 is 56.5 Å². The van der Waals surface area contributed by atoms with Gasteiger partial charge in [0.2, 0.25) is 5.91 Å². The molecule has 0 bridgehead atoms. The van der Waals surface area contributed by atoms with E-state index in [1.54, 1.807) is 42.0 Å². The Kier molecular flexibility index (Phi) is 29.7. The van der Waals surface area contributed by atoms with Gasteiger partial charge in [-0.25, -0.2) is 9.59 Å². The van der Waals surface area contributed by atoms with Crippen molar-refractivity contribution in [3.8, 4) is 0 Å². The molecule has 0 heterocycles. The zero-order valence-electron chi connectivity index (χ0n) is 29.3. The van der Waals surface area contributed by atoms with Crippen LogP contribution in [0.5, 0.6) is 0 Å². The standard InChI is InChI=1S/C18H36N4O4.C11H22N2O3.C2H6O/c1-18(2,3)26-17(25)21-12-8-6-10-15(20-4)16(24)22-14(13-23)9-5-7-11-19;1-11(2,3)16-10(15)13-9(8-14)6-4-5-7-12;1-3-2/h13-15,20H,5-12,19H2,1-4H3,(H,21,25)(H,22,24);8-9H,4-7,12H2,1-3H3,(H,13,15);1-2H3. The number of carbonyl (C=O) groups is 5.